The number of hydrogen-bond acceptors (Lipinski definition) is 2. The first kappa shape index (κ1) is 8.78. The lowest BCUT2D eigenvalue weighted by atomic mass is 10.2. The van der Waals surface area contributed by atoms with Crippen molar-refractivity contribution in [2.45, 2.75) is 19.3 Å². The maximum absolute atomic E-state index is 5.79. The summed E-state index contributed by atoms with van der Waals surface area (Å²) in [5.74, 6) is 0.841. The summed E-state index contributed by atoms with van der Waals surface area (Å²) in [4.78, 5) is 3.87. The highest BCUT2D eigenvalue weighted by molar-refractivity contribution is 9.12. The number of allylic oxidation sites excluding steroid dienone is 2. The second-order valence-corrected chi connectivity index (χ2v) is 3.76. The molecule has 1 fully saturated rings. The monoisotopic (exact) mass is 216 g/mol. The van der Waals surface area contributed by atoms with Gasteiger partial charge in [-0.05, 0) is 41.1 Å². The van der Waals surface area contributed by atoms with Crippen LogP contribution in [0.3, 0.4) is 0 Å². The van der Waals surface area contributed by atoms with Crippen LogP contribution in [0.5, 0.6) is 0 Å². The molecule has 0 saturated heterocycles. The van der Waals surface area contributed by atoms with Crippen LogP contribution in [0.4, 0.5) is 0 Å². The molecule has 0 atom stereocenters. The summed E-state index contributed by atoms with van der Waals surface area (Å²) in [6.07, 6.45) is 5.44. The molecule has 0 amide bonds. The van der Waals surface area contributed by atoms with Gasteiger partial charge in [-0.1, -0.05) is 0 Å². The third-order valence-corrected chi connectivity index (χ3v) is 2.47. The highest BCUT2D eigenvalue weighted by Gasteiger charge is 2.22. The molecule has 0 radical (unpaired) electrons. The van der Waals surface area contributed by atoms with Gasteiger partial charge in [0.1, 0.15) is 0 Å². The van der Waals surface area contributed by atoms with Crippen LogP contribution in [0.2, 0.25) is 0 Å². The molecule has 0 aliphatic heterocycles. The van der Waals surface area contributed by atoms with Crippen molar-refractivity contribution in [1.82, 2.24) is 0 Å². The number of rotatable bonds is 3. The molecule has 11 heavy (non-hydrogen) atoms. The Morgan fingerprint density at radius 1 is 1.73 bits per heavy atom. The zero-order valence-corrected chi connectivity index (χ0v) is 8.26. The van der Waals surface area contributed by atoms with E-state index in [1.54, 1.807) is 13.3 Å². The Morgan fingerprint density at radius 3 is 2.82 bits per heavy atom. The summed E-state index contributed by atoms with van der Waals surface area (Å²) in [5, 5.41) is 0. The van der Waals surface area contributed by atoms with Crippen LogP contribution in [0.25, 0.3) is 0 Å². The fourth-order valence-electron chi connectivity index (χ4n) is 0.927. The van der Waals surface area contributed by atoms with Crippen molar-refractivity contribution < 1.29 is 0 Å². The highest BCUT2D eigenvalue weighted by atomic mass is 79.9. The fourth-order valence-corrected chi connectivity index (χ4v) is 1.29. The highest BCUT2D eigenvalue weighted by Crippen LogP contribution is 2.34. The molecule has 1 aliphatic rings. The number of nitrogens with zero attached hydrogens (tertiary/aromatic N) is 1. The third kappa shape index (κ3) is 3.06. The molecule has 0 aromatic heterocycles. The molecule has 1 rings (SSSR count). The van der Waals surface area contributed by atoms with Crippen LogP contribution in [0, 0.1) is 5.92 Å². The largest absolute Gasteiger partial charge is 0.401 e. The second-order valence-electron chi connectivity index (χ2n) is 2.91. The van der Waals surface area contributed by atoms with Gasteiger partial charge in [0.25, 0.3) is 0 Å². The zero-order valence-electron chi connectivity index (χ0n) is 6.68. The zero-order chi connectivity index (χ0) is 8.27. The lowest BCUT2D eigenvalue weighted by molar-refractivity contribution is 0.811. The molecule has 0 unspecified atom stereocenters. The van der Waals surface area contributed by atoms with Gasteiger partial charge in [0.05, 0.1) is 4.48 Å². The lowest BCUT2D eigenvalue weighted by Gasteiger charge is -1.99. The van der Waals surface area contributed by atoms with E-state index in [0.717, 1.165) is 22.5 Å². The molecule has 2 nitrogen and oxygen atoms in total. The molecular formula is C8H13BrN2. The lowest BCUT2D eigenvalue weighted by Crippen LogP contribution is -2.01. The fraction of sp³-hybridized carbons (Fsp3) is 0.625. The minimum absolute atomic E-state index is 0.841. The van der Waals surface area contributed by atoms with Gasteiger partial charge in [0.2, 0.25) is 0 Å². The van der Waals surface area contributed by atoms with E-state index < -0.39 is 0 Å². The summed E-state index contributed by atoms with van der Waals surface area (Å²) < 4.78 is 0.937. The molecule has 0 bridgehead atoms. The maximum atomic E-state index is 5.79. The second kappa shape index (κ2) is 3.90. The Labute approximate surface area is 75.7 Å². The minimum atomic E-state index is 0.841. The van der Waals surface area contributed by atoms with Crippen molar-refractivity contribution in [1.29, 1.82) is 0 Å². The van der Waals surface area contributed by atoms with Crippen molar-refractivity contribution in [3.63, 3.8) is 0 Å². The summed E-state index contributed by atoms with van der Waals surface area (Å²) in [5.41, 5.74) is 6.71. The van der Waals surface area contributed by atoms with Gasteiger partial charge >= 0.3 is 0 Å². The molecule has 0 spiro atoms. The summed E-state index contributed by atoms with van der Waals surface area (Å²) >= 11 is 3.37. The van der Waals surface area contributed by atoms with E-state index in [0.29, 0.717) is 0 Å². The predicted molar refractivity (Wildman–Crippen MR) is 51.9 cm³/mol. The smallest absolute Gasteiger partial charge is 0.0540 e. The number of halogens is 1. The molecule has 3 heteroatoms. The number of nitrogens with two attached hydrogens (primary N) is 1. The van der Waals surface area contributed by atoms with Gasteiger partial charge in [-0.3, -0.25) is 4.99 Å². The molecule has 1 saturated carbocycles. The van der Waals surface area contributed by atoms with Crippen molar-refractivity contribution in [3.8, 4) is 0 Å². The van der Waals surface area contributed by atoms with Gasteiger partial charge < -0.3 is 5.73 Å². The Kier molecular flexibility index (Phi) is 3.12. The molecule has 2 N–H and O–H groups in total. The summed E-state index contributed by atoms with van der Waals surface area (Å²) in [7, 11) is 1.74. The van der Waals surface area contributed by atoms with E-state index in [-0.39, 0.29) is 0 Å². The van der Waals surface area contributed by atoms with E-state index in [4.69, 9.17) is 5.73 Å². The van der Waals surface area contributed by atoms with E-state index in [2.05, 4.69) is 20.9 Å². The molecule has 0 aromatic carbocycles. The van der Waals surface area contributed by atoms with Gasteiger partial charge in [-0.15, -0.1) is 0 Å². The van der Waals surface area contributed by atoms with Crippen LogP contribution in [-0.4, -0.2) is 13.3 Å². The van der Waals surface area contributed by atoms with E-state index in [1.807, 2.05) is 0 Å². The average Bonchev–Trinajstić information content (AvgIpc) is 2.72. The quantitative estimate of drug-likeness (QED) is 0.722. The van der Waals surface area contributed by atoms with Gasteiger partial charge in [0.15, 0.2) is 0 Å². The Balaban J connectivity index is 2.45. The van der Waals surface area contributed by atoms with E-state index in [9.17, 15) is 0 Å². The third-order valence-electron chi connectivity index (χ3n) is 1.75. The molecule has 0 heterocycles. The molecular weight excluding hydrogens is 204 g/mol. The van der Waals surface area contributed by atoms with Gasteiger partial charge in [0, 0.05) is 19.0 Å². The van der Waals surface area contributed by atoms with Gasteiger partial charge in [-0.2, -0.15) is 0 Å². The van der Waals surface area contributed by atoms with Crippen LogP contribution in [-0.2, 0) is 0 Å². The topological polar surface area (TPSA) is 38.4 Å². The first-order valence-corrected chi connectivity index (χ1v) is 4.59. The van der Waals surface area contributed by atoms with Crippen LogP contribution >= 0.6 is 15.9 Å². The normalized spacial score (nSPS) is 20.5. The molecule has 0 aromatic rings. The van der Waals surface area contributed by atoms with Crippen LogP contribution in [0.1, 0.15) is 19.3 Å². The average molecular weight is 217 g/mol. The van der Waals surface area contributed by atoms with Gasteiger partial charge in [-0.25, -0.2) is 0 Å². The maximum Gasteiger partial charge on any atom is 0.0540 e. The van der Waals surface area contributed by atoms with Crippen molar-refractivity contribution in [2.75, 3.05) is 7.05 Å². The first-order valence-electron chi connectivity index (χ1n) is 3.80. The Morgan fingerprint density at radius 2 is 2.36 bits per heavy atom. The van der Waals surface area contributed by atoms with Crippen molar-refractivity contribution >= 4 is 22.1 Å². The first-order chi connectivity index (χ1) is 5.24. The SMILES string of the molecule is CN=CC(Br)=C(N)CC1CC1. The number of hydrogen-bond donors (Lipinski definition) is 1. The van der Waals surface area contributed by atoms with E-state index in [1.165, 1.54) is 12.8 Å². The van der Waals surface area contributed by atoms with Crippen molar-refractivity contribution in [2.24, 2.45) is 16.6 Å². The standard InChI is InChI=1S/C8H13BrN2/c1-11-5-7(9)8(10)4-6-2-3-6/h5-6H,2-4,10H2,1H3. The summed E-state index contributed by atoms with van der Waals surface area (Å²) in [6.45, 7) is 0. The van der Waals surface area contributed by atoms with E-state index >= 15 is 0 Å². The Bertz CT molecular complexity index is 192. The van der Waals surface area contributed by atoms with Crippen LogP contribution < -0.4 is 5.73 Å². The molecule has 1 aliphatic carbocycles. The summed E-state index contributed by atoms with van der Waals surface area (Å²) in [6, 6.07) is 0. The Hall–Kier alpha value is -0.310. The molecule has 62 valence electrons. The number of aliphatic imine (C=N–C) groups is 1. The predicted octanol–water partition coefficient (Wildman–Crippen LogP) is 2.05. The van der Waals surface area contributed by atoms with Crippen LogP contribution in [0.15, 0.2) is 15.2 Å². The van der Waals surface area contributed by atoms with Crippen molar-refractivity contribution in [3.05, 3.63) is 10.2 Å². The minimum Gasteiger partial charge on any atom is -0.401 e.